The molecule has 0 radical (unpaired) electrons. The first-order valence-corrected chi connectivity index (χ1v) is 11.6. The van der Waals surface area contributed by atoms with E-state index < -0.39 is 5.97 Å². The fraction of sp³-hybridized carbons (Fsp3) is 0.370. The zero-order chi connectivity index (χ0) is 23.2. The van der Waals surface area contributed by atoms with E-state index in [1.807, 2.05) is 36.5 Å². The van der Waals surface area contributed by atoms with Gasteiger partial charge in [-0.2, -0.15) is 0 Å². The number of benzene rings is 2. The van der Waals surface area contributed by atoms with Crippen LogP contribution in [0.4, 0.5) is 5.95 Å². The van der Waals surface area contributed by atoms with E-state index in [1.165, 1.54) is 11.1 Å². The summed E-state index contributed by atoms with van der Waals surface area (Å²) in [7, 11) is 1.99. The maximum Gasteiger partial charge on any atom is 0.303 e. The predicted molar refractivity (Wildman–Crippen MR) is 130 cm³/mol. The zero-order valence-electron chi connectivity index (χ0n) is 19.3. The number of rotatable bonds is 10. The van der Waals surface area contributed by atoms with Gasteiger partial charge in [-0.15, -0.1) is 0 Å². The third kappa shape index (κ3) is 5.69. The molecule has 0 saturated heterocycles. The second-order valence-corrected chi connectivity index (χ2v) is 8.64. The molecule has 0 fully saturated rings. The van der Waals surface area contributed by atoms with Gasteiger partial charge < -0.3 is 14.7 Å². The van der Waals surface area contributed by atoms with Crippen molar-refractivity contribution in [3.05, 3.63) is 71.5 Å². The molecule has 4 rings (SSSR count). The van der Waals surface area contributed by atoms with Crippen molar-refractivity contribution in [3.63, 3.8) is 0 Å². The van der Waals surface area contributed by atoms with Gasteiger partial charge in [0.25, 0.3) is 0 Å². The lowest BCUT2D eigenvalue weighted by Gasteiger charge is -2.17. The van der Waals surface area contributed by atoms with E-state index in [0.717, 1.165) is 54.7 Å². The largest absolute Gasteiger partial charge is 0.494 e. The molecule has 1 aromatic heterocycles. The molecule has 6 heteroatoms. The minimum Gasteiger partial charge on any atom is -0.494 e. The Kier molecular flexibility index (Phi) is 7.23. The van der Waals surface area contributed by atoms with Crippen molar-refractivity contribution in [1.29, 1.82) is 0 Å². The Balaban J connectivity index is 1.25. The highest BCUT2D eigenvalue weighted by Gasteiger charge is 2.24. The van der Waals surface area contributed by atoms with Crippen LogP contribution in [0.2, 0.25) is 0 Å². The first kappa shape index (κ1) is 22.8. The summed E-state index contributed by atoms with van der Waals surface area (Å²) in [5.41, 5.74) is 5.83. The third-order valence-corrected chi connectivity index (χ3v) is 6.32. The molecule has 0 aliphatic heterocycles. The Morgan fingerprint density at radius 1 is 1.12 bits per heavy atom. The van der Waals surface area contributed by atoms with Gasteiger partial charge in [-0.1, -0.05) is 37.3 Å². The van der Waals surface area contributed by atoms with Gasteiger partial charge in [0.2, 0.25) is 5.95 Å². The van der Waals surface area contributed by atoms with Crippen LogP contribution in [-0.2, 0) is 17.6 Å². The van der Waals surface area contributed by atoms with Gasteiger partial charge in [-0.3, -0.25) is 4.79 Å². The number of fused-ring (bicyclic) bond motifs is 1. The van der Waals surface area contributed by atoms with Crippen LogP contribution in [0.1, 0.15) is 48.8 Å². The molecule has 2 aromatic carbocycles. The summed E-state index contributed by atoms with van der Waals surface area (Å²) in [6.45, 7) is 3.54. The molecule has 0 amide bonds. The monoisotopic (exact) mass is 445 g/mol. The normalized spacial score (nSPS) is 14.7. The Hall–Kier alpha value is -3.41. The molecule has 0 saturated carbocycles. The maximum atomic E-state index is 11.0. The number of aryl methyl sites for hydroxylation is 2. The second kappa shape index (κ2) is 10.5. The zero-order valence-corrected chi connectivity index (χ0v) is 19.3. The van der Waals surface area contributed by atoms with Crippen LogP contribution in [0.25, 0.3) is 11.1 Å². The Bertz CT molecular complexity index is 1080. The summed E-state index contributed by atoms with van der Waals surface area (Å²) >= 11 is 0. The molecule has 1 aliphatic rings. The van der Waals surface area contributed by atoms with E-state index in [4.69, 9.17) is 9.84 Å². The van der Waals surface area contributed by atoms with Crippen molar-refractivity contribution in [2.24, 2.45) is 0 Å². The number of carboxylic acid groups (broad SMARTS) is 1. The van der Waals surface area contributed by atoms with Crippen LogP contribution in [0.15, 0.2) is 54.9 Å². The summed E-state index contributed by atoms with van der Waals surface area (Å²) in [5.74, 6) is 0.942. The quantitative estimate of drug-likeness (QED) is 0.437. The average Bonchev–Trinajstić information content (AvgIpc) is 3.23. The van der Waals surface area contributed by atoms with Gasteiger partial charge in [-0.25, -0.2) is 9.97 Å². The minimum atomic E-state index is -0.735. The molecule has 1 aliphatic carbocycles. The van der Waals surface area contributed by atoms with E-state index in [0.29, 0.717) is 12.6 Å². The lowest BCUT2D eigenvalue weighted by atomic mass is 9.98. The van der Waals surface area contributed by atoms with E-state index in [-0.39, 0.29) is 12.3 Å². The third-order valence-electron chi connectivity index (χ3n) is 6.32. The molecule has 1 N–H and O–H groups in total. The van der Waals surface area contributed by atoms with Crippen molar-refractivity contribution in [2.45, 2.75) is 44.9 Å². The summed E-state index contributed by atoms with van der Waals surface area (Å²) in [4.78, 5) is 22.1. The van der Waals surface area contributed by atoms with Gasteiger partial charge in [0, 0.05) is 31.5 Å². The van der Waals surface area contributed by atoms with Crippen molar-refractivity contribution < 1.29 is 14.6 Å². The number of carboxylic acids is 1. The molecule has 0 spiro atoms. The number of anilines is 1. The van der Waals surface area contributed by atoms with Gasteiger partial charge in [0.15, 0.2) is 0 Å². The highest BCUT2D eigenvalue weighted by Crippen LogP contribution is 2.37. The fourth-order valence-electron chi connectivity index (χ4n) is 4.39. The lowest BCUT2D eigenvalue weighted by molar-refractivity contribution is -0.137. The summed E-state index contributed by atoms with van der Waals surface area (Å²) in [5, 5.41) is 9.07. The molecule has 172 valence electrons. The maximum absolute atomic E-state index is 11.0. The number of aliphatic carboxylic acids is 1. The SMILES string of the molecule is CCc1ccc(-c2cnc(N(C)CCCOc3ccc4c(c3)CC[C@H]4CC(=O)O)nc2)cc1. The molecule has 0 unspecified atom stereocenters. The highest BCUT2D eigenvalue weighted by atomic mass is 16.5. The fourth-order valence-corrected chi connectivity index (χ4v) is 4.39. The average molecular weight is 446 g/mol. The summed E-state index contributed by atoms with van der Waals surface area (Å²) < 4.78 is 5.95. The van der Waals surface area contributed by atoms with Crippen LogP contribution in [0.5, 0.6) is 5.75 Å². The smallest absolute Gasteiger partial charge is 0.303 e. The topological polar surface area (TPSA) is 75.6 Å². The molecular formula is C27H31N3O3. The van der Waals surface area contributed by atoms with E-state index >= 15 is 0 Å². The molecule has 1 heterocycles. The van der Waals surface area contributed by atoms with Crippen LogP contribution in [0.3, 0.4) is 0 Å². The summed E-state index contributed by atoms with van der Waals surface area (Å²) in [6.07, 6.45) is 7.65. The minimum absolute atomic E-state index is 0.127. The number of hydrogen-bond acceptors (Lipinski definition) is 5. The van der Waals surface area contributed by atoms with E-state index in [1.54, 1.807) is 0 Å². The van der Waals surface area contributed by atoms with Crippen molar-refractivity contribution in [2.75, 3.05) is 25.1 Å². The van der Waals surface area contributed by atoms with Gasteiger partial charge in [0.1, 0.15) is 5.75 Å². The van der Waals surface area contributed by atoms with Crippen LogP contribution < -0.4 is 9.64 Å². The standard InChI is InChI=1S/C27H31N3O3/c1-3-19-5-7-20(8-6-19)23-17-28-27(29-18-23)30(2)13-4-14-33-24-11-12-25-21(15-24)9-10-22(25)16-26(31)32/h5-8,11-12,15,17-18,22H,3-4,9-10,13-14,16H2,1-2H3,(H,31,32)/t22-/m0/s1. The van der Waals surface area contributed by atoms with E-state index in [2.05, 4.69) is 47.2 Å². The molecule has 33 heavy (non-hydrogen) atoms. The Morgan fingerprint density at radius 3 is 2.58 bits per heavy atom. The van der Waals surface area contributed by atoms with Crippen molar-refractivity contribution in [3.8, 4) is 16.9 Å². The number of carbonyl (C=O) groups is 1. The molecular weight excluding hydrogens is 414 g/mol. The first-order valence-electron chi connectivity index (χ1n) is 11.6. The van der Waals surface area contributed by atoms with Gasteiger partial charge >= 0.3 is 5.97 Å². The Morgan fingerprint density at radius 2 is 1.88 bits per heavy atom. The highest BCUT2D eigenvalue weighted by molar-refractivity contribution is 5.68. The number of aromatic nitrogens is 2. The van der Waals surface area contributed by atoms with Crippen LogP contribution in [-0.4, -0.2) is 41.2 Å². The van der Waals surface area contributed by atoms with Crippen molar-refractivity contribution in [1.82, 2.24) is 9.97 Å². The lowest BCUT2D eigenvalue weighted by Crippen LogP contribution is -2.22. The number of ether oxygens (including phenoxy) is 1. The molecule has 0 bridgehead atoms. The van der Waals surface area contributed by atoms with Crippen LogP contribution in [0, 0.1) is 0 Å². The predicted octanol–water partition coefficient (Wildman–Crippen LogP) is 5.12. The first-order chi connectivity index (χ1) is 16.0. The molecule has 6 nitrogen and oxygen atoms in total. The molecule has 1 atom stereocenters. The number of hydrogen-bond donors (Lipinski definition) is 1. The Labute approximate surface area is 195 Å². The van der Waals surface area contributed by atoms with Gasteiger partial charge in [-0.05, 0) is 66.0 Å². The summed E-state index contributed by atoms with van der Waals surface area (Å²) in [6, 6.07) is 14.6. The van der Waals surface area contributed by atoms with Crippen LogP contribution >= 0.6 is 0 Å². The number of nitrogens with zero attached hydrogens (tertiary/aromatic N) is 3. The van der Waals surface area contributed by atoms with Gasteiger partial charge in [0.05, 0.1) is 13.0 Å². The van der Waals surface area contributed by atoms with E-state index in [9.17, 15) is 4.79 Å². The van der Waals surface area contributed by atoms with Crippen molar-refractivity contribution >= 4 is 11.9 Å². The molecule has 3 aromatic rings. The second-order valence-electron chi connectivity index (χ2n) is 8.64.